The fraction of sp³-hybridized carbons (Fsp3) is 0.167. The standard InChI is InChI=1S/C6H4N4O3S/c11-4-2-9(3-8-4)6-7-1-5(14-6)10(12)13/h1,3H,2H2. The molecule has 2 rings (SSSR count). The van der Waals surface area contributed by atoms with E-state index in [1.165, 1.54) is 11.2 Å². The molecule has 0 atom stereocenters. The van der Waals surface area contributed by atoms with Gasteiger partial charge in [-0.05, 0) is 11.3 Å². The Morgan fingerprint density at radius 1 is 1.64 bits per heavy atom. The molecule has 0 saturated heterocycles. The van der Waals surface area contributed by atoms with Crippen LogP contribution in [0.1, 0.15) is 0 Å². The molecule has 0 bridgehead atoms. The monoisotopic (exact) mass is 212 g/mol. The first kappa shape index (κ1) is 8.75. The molecule has 0 fully saturated rings. The second kappa shape index (κ2) is 3.14. The third kappa shape index (κ3) is 1.46. The summed E-state index contributed by atoms with van der Waals surface area (Å²) in [6.45, 7) is 0.102. The molecule has 0 radical (unpaired) electrons. The first-order chi connectivity index (χ1) is 6.66. The lowest BCUT2D eigenvalue weighted by Gasteiger charge is -2.05. The van der Waals surface area contributed by atoms with E-state index in [9.17, 15) is 14.9 Å². The maximum Gasteiger partial charge on any atom is 0.345 e. The molecular formula is C6H4N4O3S. The van der Waals surface area contributed by atoms with Gasteiger partial charge in [0.2, 0.25) is 0 Å². The summed E-state index contributed by atoms with van der Waals surface area (Å²) in [7, 11) is 0. The molecule has 72 valence electrons. The van der Waals surface area contributed by atoms with E-state index in [1.54, 1.807) is 0 Å². The van der Waals surface area contributed by atoms with Crippen LogP contribution < -0.4 is 4.90 Å². The molecule has 8 heteroatoms. The molecule has 2 heterocycles. The van der Waals surface area contributed by atoms with Gasteiger partial charge >= 0.3 is 5.00 Å². The summed E-state index contributed by atoms with van der Waals surface area (Å²) in [6, 6.07) is 0. The molecule has 14 heavy (non-hydrogen) atoms. The van der Waals surface area contributed by atoms with Crippen molar-refractivity contribution in [2.75, 3.05) is 11.4 Å². The number of nitrogens with zero attached hydrogens (tertiary/aromatic N) is 4. The molecule has 0 N–H and O–H groups in total. The number of amides is 1. The van der Waals surface area contributed by atoms with Crippen LogP contribution in [-0.2, 0) is 4.79 Å². The van der Waals surface area contributed by atoms with Crippen LogP contribution in [0, 0.1) is 10.1 Å². The molecule has 0 aliphatic carbocycles. The van der Waals surface area contributed by atoms with Crippen molar-refractivity contribution in [3.05, 3.63) is 16.3 Å². The van der Waals surface area contributed by atoms with E-state index in [0.717, 1.165) is 17.5 Å². The minimum atomic E-state index is -0.518. The average Bonchev–Trinajstić information content (AvgIpc) is 2.70. The first-order valence-corrected chi connectivity index (χ1v) is 4.42. The fourth-order valence-electron chi connectivity index (χ4n) is 0.952. The Morgan fingerprint density at radius 2 is 2.43 bits per heavy atom. The zero-order chi connectivity index (χ0) is 10.1. The van der Waals surface area contributed by atoms with Crippen molar-refractivity contribution in [1.29, 1.82) is 0 Å². The van der Waals surface area contributed by atoms with Crippen molar-refractivity contribution in [3.63, 3.8) is 0 Å². The average molecular weight is 212 g/mol. The molecule has 0 spiro atoms. The summed E-state index contributed by atoms with van der Waals surface area (Å²) >= 11 is 0.913. The van der Waals surface area contributed by atoms with Gasteiger partial charge in [-0.2, -0.15) is 0 Å². The Balaban J connectivity index is 2.22. The van der Waals surface area contributed by atoms with Crippen LogP contribution in [0.25, 0.3) is 0 Å². The third-order valence-corrected chi connectivity index (χ3v) is 2.54. The number of thiazole rings is 1. The summed E-state index contributed by atoms with van der Waals surface area (Å²) in [5.41, 5.74) is 0. The Hall–Kier alpha value is -1.83. The number of hydrogen-bond acceptors (Lipinski definition) is 6. The third-order valence-electron chi connectivity index (χ3n) is 1.55. The highest BCUT2D eigenvalue weighted by Crippen LogP contribution is 2.28. The summed E-state index contributed by atoms with van der Waals surface area (Å²) in [6.07, 6.45) is 2.49. The van der Waals surface area contributed by atoms with Crippen molar-refractivity contribution >= 4 is 33.7 Å². The van der Waals surface area contributed by atoms with Crippen LogP contribution >= 0.6 is 11.3 Å². The minimum Gasteiger partial charge on any atom is -0.299 e. The molecule has 0 unspecified atom stereocenters. The Labute approximate surface area is 81.9 Å². The SMILES string of the molecule is O=C1CN(c2ncc([N+](=O)[O-])s2)C=N1. The van der Waals surface area contributed by atoms with Gasteiger partial charge in [-0.25, -0.2) is 9.98 Å². The summed E-state index contributed by atoms with van der Waals surface area (Å²) in [4.78, 5) is 29.4. The van der Waals surface area contributed by atoms with Crippen LogP contribution in [0.15, 0.2) is 11.2 Å². The van der Waals surface area contributed by atoms with Gasteiger partial charge in [0, 0.05) is 0 Å². The zero-order valence-corrected chi connectivity index (χ0v) is 7.60. The molecule has 0 aromatic carbocycles. The van der Waals surface area contributed by atoms with Crippen LogP contribution in [0.2, 0.25) is 0 Å². The zero-order valence-electron chi connectivity index (χ0n) is 6.78. The van der Waals surface area contributed by atoms with Gasteiger partial charge in [-0.15, -0.1) is 0 Å². The fourth-order valence-corrected chi connectivity index (χ4v) is 1.65. The van der Waals surface area contributed by atoms with Crippen molar-refractivity contribution in [2.24, 2.45) is 4.99 Å². The minimum absolute atomic E-state index is 0.0484. The predicted octanol–water partition coefficient (Wildman–Crippen LogP) is 0.426. The lowest BCUT2D eigenvalue weighted by molar-refractivity contribution is -0.380. The molecule has 1 aliphatic rings. The highest BCUT2D eigenvalue weighted by molar-refractivity contribution is 7.18. The summed E-state index contributed by atoms with van der Waals surface area (Å²) in [5, 5.41) is 10.7. The van der Waals surface area contributed by atoms with E-state index in [2.05, 4.69) is 9.98 Å². The number of carbonyl (C=O) groups excluding carboxylic acids is 1. The number of carbonyl (C=O) groups is 1. The van der Waals surface area contributed by atoms with Crippen molar-refractivity contribution in [3.8, 4) is 0 Å². The molecular weight excluding hydrogens is 208 g/mol. The Morgan fingerprint density at radius 3 is 2.93 bits per heavy atom. The van der Waals surface area contributed by atoms with E-state index in [1.807, 2.05) is 0 Å². The molecule has 0 saturated carbocycles. The topological polar surface area (TPSA) is 88.7 Å². The van der Waals surface area contributed by atoms with Gasteiger partial charge in [-0.3, -0.25) is 19.8 Å². The van der Waals surface area contributed by atoms with Gasteiger partial charge in [0.1, 0.15) is 19.1 Å². The lowest BCUT2D eigenvalue weighted by atomic mass is 10.6. The highest BCUT2D eigenvalue weighted by Gasteiger charge is 2.20. The van der Waals surface area contributed by atoms with E-state index >= 15 is 0 Å². The van der Waals surface area contributed by atoms with Gasteiger partial charge < -0.3 is 0 Å². The van der Waals surface area contributed by atoms with Gasteiger partial charge in [0.05, 0.1) is 4.92 Å². The maximum absolute atomic E-state index is 10.8. The van der Waals surface area contributed by atoms with E-state index in [-0.39, 0.29) is 17.5 Å². The maximum atomic E-state index is 10.8. The Bertz CT molecular complexity index is 426. The van der Waals surface area contributed by atoms with Crippen LogP contribution in [0.5, 0.6) is 0 Å². The highest BCUT2D eigenvalue weighted by atomic mass is 32.1. The molecule has 1 amide bonds. The van der Waals surface area contributed by atoms with Gasteiger partial charge in [0.15, 0.2) is 5.13 Å². The summed E-state index contributed by atoms with van der Waals surface area (Å²) in [5.74, 6) is -0.275. The van der Waals surface area contributed by atoms with Crippen LogP contribution in [0.3, 0.4) is 0 Å². The number of hydrogen-bond donors (Lipinski definition) is 0. The normalized spacial score (nSPS) is 15.1. The first-order valence-electron chi connectivity index (χ1n) is 3.61. The second-order valence-electron chi connectivity index (χ2n) is 2.50. The van der Waals surface area contributed by atoms with Gasteiger partial charge in [0.25, 0.3) is 5.91 Å². The number of aliphatic imine (C=N–C) groups is 1. The number of anilines is 1. The summed E-state index contributed by atoms with van der Waals surface area (Å²) < 4.78 is 0. The van der Waals surface area contributed by atoms with Crippen LogP contribution in [0.4, 0.5) is 10.1 Å². The lowest BCUT2D eigenvalue weighted by Crippen LogP contribution is -2.19. The molecule has 7 nitrogen and oxygen atoms in total. The van der Waals surface area contributed by atoms with Crippen molar-refractivity contribution in [2.45, 2.75) is 0 Å². The largest absolute Gasteiger partial charge is 0.345 e. The van der Waals surface area contributed by atoms with Crippen molar-refractivity contribution < 1.29 is 9.72 Å². The van der Waals surface area contributed by atoms with E-state index < -0.39 is 4.92 Å². The number of aromatic nitrogens is 1. The van der Waals surface area contributed by atoms with Crippen LogP contribution in [-0.4, -0.2) is 28.7 Å². The van der Waals surface area contributed by atoms with E-state index in [4.69, 9.17) is 0 Å². The molecule has 1 aliphatic heterocycles. The Kier molecular flexibility index (Phi) is 1.97. The van der Waals surface area contributed by atoms with Gasteiger partial charge in [-0.1, -0.05) is 0 Å². The predicted molar refractivity (Wildman–Crippen MR) is 49.6 cm³/mol. The quantitative estimate of drug-likeness (QED) is 0.523. The number of nitro groups is 1. The molecule has 1 aromatic rings. The van der Waals surface area contributed by atoms with E-state index in [0.29, 0.717) is 5.13 Å². The smallest absolute Gasteiger partial charge is 0.299 e. The molecule has 1 aromatic heterocycles. The number of rotatable bonds is 2. The van der Waals surface area contributed by atoms with Crippen molar-refractivity contribution in [1.82, 2.24) is 4.98 Å². The second-order valence-corrected chi connectivity index (χ2v) is 3.49.